The van der Waals surface area contributed by atoms with Gasteiger partial charge in [-0.1, -0.05) is 6.07 Å². The van der Waals surface area contributed by atoms with Gasteiger partial charge in [-0.15, -0.1) is 0 Å². The molecule has 4 nitrogen and oxygen atoms in total. The largest absolute Gasteiger partial charge is 0.295 e. The zero-order valence-corrected chi connectivity index (χ0v) is 8.76. The van der Waals surface area contributed by atoms with Crippen molar-refractivity contribution in [3.8, 4) is 0 Å². The summed E-state index contributed by atoms with van der Waals surface area (Å²) in [6.45, 7) is 3.12. The van der Waals surface area contributed by atoms with Gasteiger partial charge < -0.3 is 0 Å². The van der Waals surface area contributed by atoms with Crippen LogP contribution in [0.15, 0.2) is 23.1 Å². The van der Waals surface area contributed by atoms with Crippen molar-refractivity contribution in [3.63, 3.8) is 0 Å². The highest BCUT2D eigenvalue weighted by Crippen LogP contribution is 2.14. The molecular weight excluding hydrogens is 202 g/mol. The molecule has 0 amide bonds. The van der Waals surface area contributed by atoms with E-state index in [1.54, 1.807) is 13.0 Å². The van der Waals surface area contributed by atoms with Crippen molar-refractivity contribution in [1.29, 1.82) is 0 Å². The molecule has 0 fully saturated rings. The van der Waals surface area contributed by atoms with Crippen LogP contribution in [0.1, 0.15) is 22.8 Å². The molecule has 0 saturated heterocycles. The standard InChI is InChI=1S/C9H11NO3S/c1-6-3-4-8(14(10,12)13)5-9(6)7(2)11/h3-5H,1-2H3,(H2,10,12,13). The highest BCUT2D eigenvalue weighted by Gasteiger charge is 2.11. The zero-order valence-electron chi connectivity index (χ0n) is 7.94. The lowest BCUT2D eigenvalue weighted by atomic mass is 10.1. The third-order valence-corrected chi connectivity index (χ3v) is 2.83. The molecule has 0 aliphatic carbocycles. The number of Topliss-reactive ketones (excluding diaryl/α,β-unsaturated/α-hetero) is 1. The molecule has 0 bridgehead atoms. The average molecular weight is 213 g/mol. The van der Waals surface area contributed by atoms with Gasteiger partial charge in [0.1, 0.15) is 0 Å². The van der Waals surface area contributed by atoms with Gasteiger partial charge in [0.15, 0.2) is 5.78 Å². The van der Waals surface area contributed by atoms with Crippen molar-refractivity contribution in [2.75, 3.05) is 0 Å². The van der Waals surface area contributed by atoms with Crippen molar-refractivity contribution in [1.82, 2.24) is 0 Å². The number of hydrogen-bond donors (Lipinski definition) is 1. The van der Waals surface area contributed by atoms with Crippen molar-refractivity contribution in [2.24, 2.45) is 5.14 Å². The van der Waals surface area contributed by atoms with Gasteiger partial charge in [-0.2, -0.15) is 0 Å². The van der Waals surface area contributed by atoms with Crippen LogP contribution >= 0.6 is 0 Å². The topological polar surface area (TPSA) is 77.2 Å². The van der Waals surface area contributed by atoms with Gasteiger partial charge in [0.25, 0.3) is 0 Å². The summed E-state index contributed by atoms with van der Waals surface area (Å²) in [7, 11) is -3.73. The Morgan fingerprint density at radius 2 is 1.93 bits per heavy atom. The minimum absolute atomic E-state index is 0.0340. The van der Waals surface area contributed by atoms with E-state index in [2.05, 4.69) is 0 Å². The van der Waals surface area contributed by atoms with Crippen LogP contribution in [-0.4, -0.2) is 14.2 Å². The molecule has 0 heterocycles. The fraction of sp³-hybridized carbons (Fsp3) is 0.222. The SMILES string of the molecule is CC(=O)c1cc(S(N)(=O)=O)ccc1C. The Kier molecular flexibility index (Phi) is 2.73. The van der Waals surface area contributed by atoms with E-state index in [4.69, 9.17) is 5.14 Å². The number of sulfonamides is 1. The number of ketones is 1. The number of hydrogen-bond acceptors (Lipinski definition) is 3. The second kappa shape index (κ2) is 3.51. The van der Waals surface area contributed by atoms with Crippen LogP contribution in [0, 0.1) is 6.92 Å². The lowest BCUT2D eigenvalue weighted by molar-refractivity contribution is 0.101. The molecule has 14 heavy (non-hydrogen) atoms. The van der Waals surface area contributed by atoms with Gasteiger partial charge in [-0.25, -0.2) is 13.6 Å². The monoisotopic (exact) mass is 213 g/mol. The maximum Gasteiger partial charge on any atom is 0.238 e. The highest BCUT2D eigenvalue weighted by molar-refractivity contribution is 7.89. The number of primary sulfonamides is 1. The predicted octanol–water partition coefficient (Wildman–Crippen LogP) is 0.845. The molecule has 0 radical (unpaired) electrons. The fourth-order valence-corrected chi connectivity index (χ4v) is 1.70. The van der Waals surface area contributed by atoms with Crippen molar-refractivity contribution in [2.45, 2.75) is 18.7 Å². The molecule has 1 aromatic rings. The number of nitrogens with two attached hydrogens (primary N) is 1. The molecular formula is C9H11NO3S. The lowest BCUT2D eigenvalue weighted by Crippen LogP contribution is -2.13. The maximum atomic E-state index is 11.1. The number of benzene rings is 1. The highest BCUT2D eigenvalue weighted by atomic mass is 32.2. The van der Waals surface area contributed by atoms with Crippen LogP contribution in [0.25, 0.3) is 0 Å². The Morgan fingerprint density at radius 3 is 2.36 bits per heavy atom. The van der Waals surface area contributed by atoms with Crippen LogP contribution in [0.4, 0.5) is 0 Å². The van der Waals surface area contributed by atoms with Gasteiger partial charge in [-0.05, 0) is 31.5 Å². The van der Waals surface area contributed by atoms with Crippen LogP contribution in [0.5, 0.6) is 0 Å². The van der Waals surface area contributed by atoms with E-state index in [0.29, 0.717) is 5.56 Å². The molecule has 0 saturated carbocycles. The third kappa shape index (κ3) is 2.18. The van der Waals surface area contributed by atoms with Gasteiger partial charge in [-0.3, -0.25) is 4.79 Å². The second-order valence-electron chi connectivity index (χ2n) is 3.08. The Bertz CT molecular complexity index is 477. The molecule has 0 spiro atoms. The Morgan fingerprint density at radius 1 is 1.36 bits per heavy atom. The van der Waals surface area contributed by atoms with Gasteiger partial charge in [0.05, 0.1) is 4.90 Å². The van der Waals surface area contributed by atoms with Crippen molar-refractivity contribution >= 4 is 15.8 Å². The molecule has 1 rings (SSSR count). The minimum Gasteiger partial charge on any atom is -0.295 e. The van der Waals surface area contributed by atoms with Gasteiger partial charge >= 0.3 is 0 Å². The van der Waals surface area contributed by atoms with E-state index in [-0.39, 0.29) is 10.7 Å². The predicted molar refractivity (Wildman–Crippen MR) is 52.6 cm³/mol. The van der Waals surface area contributed by atoms with Crippen LogP contribution in [0.3, 0.4) is 0 Å². The zero-order chi connectivity index (χ0) is 10.9. The quantitative estimate of drug-likeness (QED) is 0.739. The summed E-state index contributed by atoms with van der Waals surface area (Å²) in [6, 6.07) is 4.25. The summed E-state index contributed by atoms with van der Waals surface area (Å²) in [5, 5.41) is 4.94. The molecule has 0 aliphatic rings. The first kappa shape index (κ1) is 10.9. The smallest absolute Gasteiger partial charge is 0.238 e. The van der Waals surface area contributed by atoms with Gasteiger partial charge in [0, 0.05) is 5.56 Å². The first-order chi connectivity index (χ1) is 6.32. The third-order valence-electron chi connectivity index (χ3n) is 1.92. The second-order valence-corrected chi connectivity index (χ2v) is 4.64. The van der Waals surface area contributed by atoms with E-state index in [9.17, 15) is 13.2 Å². The molecule has 1 aromatic carbocycles. The number of carbonyl (C=O) groups excluding carboxylic acids is 1. The minimum atomic E-state index is -3.73. The average Bonchev–Trinajstić information content (AvgIpc) is 2.02. The summed E-state index contributed by atoms with van der Waals surface area (Å²) >= 11 is 0. The number of carbonyl (C=O) groups is 1. The first-order valence-corrected chi connectivity index (χ1v) is 5.51. The number of aryl methyl sites for hydroxylation is 1. The summed E-state index contributed by atoms with van der Waals surface area (Å²) in [6.07, 6.45) is 0. The van der Waals surface area contributed by atoms with Gasteiger partial charge in [0.2, 0.25) is 10.0 Å². The molecule has 2 N–H and O–H groups in total. The first-order valence-electron chi connectivity index (χ1n) is 3.97. The van der Waals surface area contributed by atoms with Crippen molar-refractivity contribution < 1.29 is 13.2 Å². The van der Waals surface area contributed by atoms with Crippen LogP contribution < -0.4 is 5.14 Å². The van der Waals surface area contributed by atoms with E-state index in [0.717, 1.165) is 5.56 Å². The van der Waals surface area contributed by atoms with Crippen molar-refractivity contribution in [3.05, 3.63) is 29.3 Å². The normalized spacial score (nSPS) is 11.4. The van der Waals surface area contributed by atoms with E-state index in [1.807, 2.05) is 0 Å². The van der Waals surface area contributed by atoms with Crippen LogP contribution in [-0.2, 0) is 10.0 Å². The molecule has 0 unspecified atom stereocenters. The Balaban J connectivity index is 3.42. The summed E-state index contributed by atoms with van der Waals surface area (Å²) in [5.41, 5.74) is 1.13. The fourth-order valence-electron chi connectivity index (χ4n) is 1.16. The van der Waals surface area contributed by atoms with E-state index >= 15 is 0 Å². The lowest BCUT2D eigenvalue weighted by Gasteiger charge is -2.04. The maximum absolute atomic E-state index is 11.1. The molecule has 0 atom stereocenters. The molecule has 0 aromatic heterocycles. The van der Waals surface area contributed by atoms with E-state index < -0.39 is 10.0 Å². The Labute approximate surface area is 82.8 Å². The number of rotatable bonds is 2. The van der Waals surface area contributed by atoms with Crippen LogP contribution in [0.2, 0.25) is 0 Å². The molecule has 76 valence electrons. The summed E-state index contributed by atoms with van der Waals surface area (Å²) < 4.78 is 22.0. The Hall–Kier alpha value is -1.20. The molecule has 5 heteroatoms. The summed E-state index contributed by atoms with van der Waals surface area (Å²) in [5.74, 6) is -0.173. The molecule has 0 aliphatic heterocycles. The van der Waals surface area contributed by atoms with E-state index in [1.165, 1.54) is 19.1 Å². The summed E-state index contributed by atoms with van der Waals surface area (Å²) in [4.78, 5) is 11.1.